The van der Waals surface area contributed by atoms with Gasteiger partial charge in [0.2, 0.25) is 0 Å². The predicted molar refractivity (Wildman–Crippen MR) is 132 cm³/mol. The second kappa shape index (κ2) is 13.1. The minimum absolute atomic E-state index is 0. The van der Waals surface area contributed by atoms with Crippen molar-refractivity contribution >= 4 is 36.0 Å². The van der Waals surface area contributed by atoms with Crippen LogP contribution < -0.4 is 16.0 Å². The number of nitrogens with one attached hydrogen (secondary N) is 3. The van der Waals surface area contributed by atoms with Gasteiger partial charge in [-0.25, -0.2) is 4.79 Å². The van der Waals surface area contributed by atoms with E-state index in [-0.39, 0.29) is 36.1 Å². The molecule has 0 unspecified atom stereocenters. The summed E-state index contributed by atoms with van der Waals surface area (Å²) < 4.78 is 10.8. The average molecular weight is 534 g/mol. The van der Waals surface area contributed by atoms with Crippen LogP contribution in [0.2, 0.25) is 0 Å². The Kier molecular flexibility index (Phi) is 11.6. The Balaban J connectivity index is 0.00000450. The molecule has 0 atom stereocenters. The van der Waals surface area contributed by atoms with Crippen LogP contribution in [0.15, 0.2) is 27.8 Å². The molecule has 1 heterocycles. The van der Waals surface area contributed by atoms with E-state index < -0.39 is 5.60 Å². The van der Waals surface area contributed by atoms with Gasteiger partial charge in [0.25, 0.3) is 0 Å². The molecule has 1 amide bonds. The van der Waals surface area contributed by atoms with Gasteiger partial charge in [0.05, 0.1) is 6.26 Å². The summed E-state index contributed by atoms with van der Waals surface area (Å²) in [7, 11) is 0. The first-order valence-corrected chi connectivity index (χ1v) is 10.8. The average Bonchev–Trinajstić information content (AvgIpc) is 3.13. The van der Waals surface area contributed by atoms with E-state index in [4.69, 9.17) is 14.1 Å². The van der Waals surface area contributed by atoms with Crippen molar-refractivity contribution in [3.05, 3.63) is 24.2 Å². The zero-order valence-electron chi connectivity index (χ0n) is 19.0. The Morgan fingerprint density at radius 2 is 1.83 bits per heavy atom. The molecule has 0 aliphatic heterocycles. The summed E-state index contributed by atoms with van der Waals surface area (Å²) in [4.78, 5) is 16.7. The largest absolute Gasteiger partial charge is 0.469 e. The molecular formula is C22H39IN4O3. The molecule has 0 saturated heterocycles. The number of alkyl carbamates (subject to hydrolysis) is 1. The Morgan fingerprint density at radius 3 is 2.37 bits per heavy atom. The summed E-state index contributed by atoms with van der Waals surface area (Å²) in [5.41, 5.74) is -0.466. The number of guanidine groups is 1. The lowest BCUT2D eigenvalue weighted by Gasteiger charge is -2.31. The van der Waals surface area contributed by atoms with Gasteiger partial charge < -0.3 is 25.1 Å². The highest BCUT2D eigenvalue weighted by molar-refractivity contribution is 14.0. The van der Waals surface area contributed by atoms with Gasteiger partial charge in [-0.3, -0.25) is 4.99 Å². The van der Waals surface area contributed by atoms with Crippen LogP contribution in [0, 0.1) is 5.92 Å². The molecule has 1 aliphatic carbocycles. The van der Waals surface area contributed by atoms with Gasteiger partial charge in [-0.05, 0) is 64.5 Å². The summed E-state index contributed by atoms with van der Waals surface area (Å²) in [6.45, 7) is 11.5. The number of halogens is 1. The maximum Gasteiger partial charge on any atom is 0.407 e. The third-order valence-corrected chi connectivity index (χ3v) is 4.65. The molecule has 30 heavy (non-hydrogen) atoms. The first-order valence-electron chi connectivity index (χ1n) is 10.8. The quantitative estimate of drug-likeness (QED) is 0.273. The maximum absolute atomic E-state index is 12.0. The van der Waals surface area contributed by atoms with Gasteiger partial charge in [0.1, 0.15) is 11.4 Å². The van der Waals surface area contributed by atoms with Crippen LogP contribution >= 0.6 is 24.0 Å². The molecule has 8 heteroatoms. The van der Waals surface area contributed by atoms with Gasteiger partial charge in [-0.2, -0.15) is 0 Å². The number of furan rings is 1. The molecule has 0 aromatic carbocycles. The zero-order chi connectivity index (χ0) is 21.3. The van der Waals surface area contributed by atoms with Crippen LogP contribution in [0.3, 0.4) is 0 Å². The Morgan fingerprint density at radius 1 is 1.20 bits per heavy atom. The topological polar surface area (TPSA) is 87.9 Å². The molecule has 1 saturated carbocycles. The predicted octanol–water partition coefficient (Wildman–Crippen LogP) is 4.47. The zero-order valence-corrected chi connectivity index (χ0v) is 21.3. The number of hydrogen-bond acceptors (Lipinski definition) is 4. The van der Waals surface area contributed by atoms with Crippen molar-refractivity contribution in [2.75, 3.05) is 13.1 Å². The van der Waals surface area contributed by atoms with Gasteiger partial charge in [-0.1, -0.05) is 13.8 Å². The van der Waals surface area contributed by atoms with Crippen LogP contribution in [-0.2, 0) is 11.2 Å². The van der Waals surface area contributed by atoms with Crippen molar-refractivity contribution in [1.29, 1.82) is 0 Å². The third kappa shape index (κ3) is 11.1. The van der Waals surface area contributed by atoms with Crippen molar-refractivity contribution in [3.8, 4) is 0 Å². The molecule has 0 radical (unpaired) electrons. The molecule has 2 rings (SSSR count). The summed E-state index contributed by atoms with van der Waals surface area (Å²) in [6.07, 6.45) is 6.03. The fourth-order valence-corrected chi connectivity index (χ4v) is 3.24. The second-order valence-electron chi connectivity index (χ2n) is 9.18. The van der Waals surface area contributed by atoms with Crippen LogP contribution in [-0.4, -0.2) is 42.8 Å². The number of aliphatic imine (C=N–C) groups is 1. The molecule has 1 aromatic rings. The van der Waals surface area contributed by atoms with E-state index in [1.807, 2.05) is 32.9 Å². The molecule has 1 aromatic heterocycles. The summed E-state index contributed by atoms with van der Waals surface area (Å²) >= 11 is 0. The molecule has 1 aliphatic rings. The van der Waals surface area contributed by atoms with E-state index in [2.05, 4.69) is 29.8 Å². The normalized spacial score (nSPS) is 19.7. The Labute approximate surface area is 198 Å². The first-order chi connectivity index (χ1) is 13.7. The molecular weight excluding hydrogens is 495 g/mol. The molecule has 7 nitrogen and oxygen atoms in total. The highest BCUT2D eigenvalue weighted by atomic mass is 127. The summed E-state index contributed by atoms with van der Waals surface area (Å²) in [5, 5.41) is 9.98. The fraction of sp³-hybridized carbons (Fsp3) is 0.727. The van der Waals surface area contributed by atoms with Crippen LogP contribution in [0.1, 0.15) is 66.1 Å². The van der Waals surface area contributed by atoms with Crippen molar-refractivity contribution < 1.29 is 13.9 Å². The molecule has 0 spiro atoms. The minimum Gasteiger partial charge on any atom is -0.469 e. The number of carbonyl (C=O) groups excluding carboxylic acids is 1. The van der Waals surface area contributed by atoms with Crippen LogP contribution in [0.5, 0.6) is 0 Å². The minimum atomic E-state index is -0.466. The SMILES string of the molecule is CC(C)CN=C(NCCc1ccco1)NC1CCC(NC(=O)OC(C)(C)C)CC1.I. The van der Waals surface area contributed by atoms with E-state index >= 15 is 0 Å². The van der Waals surface area contributed by atoms with Gasteiger partial charge in [-0.15, -0.1) is 24.0 Å². The number of rotatable bonds is 7. The number of ether oxygens (including phenoxy) is 1. The lowest BCUT2D eigenvalue weighted by molar-refractivity contribution is 0.0490. The maximum atomic E-state index is 12.0. The molecule has 1 fully saturated rings. The lowest BCUT2D eigenvalue weighted by atomic mass is 9.91. The first kappa shape index (κ1) is 26.6. The highest BCUT2D eigenvalue weighted by Gasteiger charge is 2.25. The summed E-state index contributed by atoms with van der Waals surface area (Å²) in [6, 6.07) is 4.42. The Hall–Kier alpha value is -1.45. The number of hydrogen-bond donors (Lipinski definition) is 3. The Bertz CT molecular complexity index is 633. The van der Waals surface area contributed by atoms with Crippen molar-refractivity contribution in [1.82, 2.24) is 16.0 Å². The standard InChI is InChI=1S/C22H38N4O3.HI/c1-16(2)15-24-20(23-13-12-19-7-6-14-28-19)25-17-8-10-18(11-9-17)26-21(27)29-22(3,4)5;/h6-7,14,16-18H,8-13,15H2,1-5H3,(H,26,27)(H2,23,24,25);1H. The third-order valence-electron chi connectivity index (χ3n) is 4.65. The van der Waals surface area contributed by atoms with Gasteiger partial charge >= 0.3 is 6.09 Å². The number of carbonyl (C=O) groups is 1. The molecule has 172 valence electrons. The van der Waals surface area contributed by atoms with Crippen LogP contribution in [0.4, 0.5) is 4.79 Å². The molecule has 3 N–H and O–H groups in total. The van der Waals surface area contributed by atoms with E-state index in [1.165, 1.54) is 0 Å². The van der Waals surface area contributed by atoms with E-state index in [0.717, 1.165) is 56.9 Å². The van der Waals surface area contributed by atoms with E-state index in [0.29, 0.717) is 12.0 Å². The van der Waals surface area contributed by atoms with Gasteiger partial charge in [0, 0.05) is 31.6 Å². The van der Waals surface area contributed by atoms with E-state index in [1.54, 1.807) is 6.26 Å². The van der Waals surface area contributed by atoms with Crippen LogP contribution in [0.25, 0.3) is 0 Å². The number of nitrogens with zero attached hydrogens (tertiary/aromatic N) is 1. The van der Waals surface area contributed by atoms with Crippen molar-refractivity contribution in [2.24, 2.45) is 10.9 Å². The monoisotopic (exact) mass is 534 g/mol. The second-order valence-corrected chi connectivity index (χ2v) is 9.18. The lowest BCUT2D eigenvalue weighted by Crippen LogP contribution is -2.48. The molecule has 0 bridgehead atoms. The summed E-state index contributed by atoms with van der Waals surface area (Å²) in [5.74, 6) is 2.33. The van der Waals surface area contributed by atoms with Crippen molar-refractivity contribution in [2.45, 2.75) is 84.4 Å². The number of amides is 1. The van der Waals surface area contributed by atoms with Crippen molar-refractivity contribution in [3.63, 3.8) is 0 Å². The smallest absolute Gasteiger partial charge is 0.407 e. The van der Waals surface area contributed by atoms with E-state index in [9.17, 15) is 4.79 Å². The van der Waals surface area contributed by atoms with Gasteiger partial charge in [0.15, 0.2) is 5.96 Å². The fourth-order valence-electron chi connectivity index (χ4n) is 3.24. The highest BCUT2D eigenvalue weighted by Crippen LogP contribution is 2.19.